The molecule has 0 aromatic carbocycles. The van der Waals surface area contributed by atoms with Gasteiger partial charge in [-0.2, -0.15) is 0 Å². The number of fused-ring (bicyclic) bond motifs is 2. The highest BCUT2D eigenvalue weighted by atomic mass is 32.1. The summed E-state index contributed by atoms with van der Waals surface area (Å²) in [6.45, 7) is 3.66. The number of piperidine rings is 3. The first-order valence-corrected chi connectivity index (χ1v) is 9.02. The van der Waals surface area contributed by atoms with Crippen LogP contribution in [0.3, 0.4) is 0 Å². The van der Waals surface area contributed by atoms with E-state index in [4.69, 9.17) is 4.74 Å². The highest BCUT2D eigenvalue weighted by Gasteiger charge is 2.56. The molecule has 4 saturated heterocycles. The Bertz CT molecular complexity index is 774. The van der Waals surface area contributed by atoms with E-state index in [0.717, 1.165) is 43.0 Å². The Hall–Kier alpha value is -2.06. The predicted molar refractivity (Wildman–Crippen MR) is 88.9 cm³/mol. The maximum Gasteiger partial charge on any atom is 0.416 e. The minimum atomic E-state index is -0.367. The van der Waals surface area contributed by atoms with Crippen LogP contribution < -0.4 is 4.90 Å². The molecule has 0 radical (unpaired) electrons. The van der Waals surface area contributed by atoms with Gasteiger partial charge < -0.3 is 4.74 Å². The summed E-state index contributed by atoms with van der Waals surface area (Å²) in [5, 5.41) is 9.80. The number of anilines is 1. The van der Waals surface area contributed by atoms with Crippen molar-refractivity contribution in [1.29, 1.82) is 0 Å². The van der Waals surface area contributed by atoms with Crippen LogP contribution in [-0.4, -0.2) is 58.0 Å². The SMILES string of the molecule is O=C1OC2(CN3CCC2CC3)CN1c1nnc(-c2cccnc2)s1. The van der Waals surface area contributed by atoms with Crippen LogP contribution in [0, 0.1) is 5.92 Å². The van der Waals surface area contributed by atoms with Gasteiger partial charge in [0.05, 0.1) is 6.54 Å². The smallest absolute Gasteiger partial charge is 0.416 e. The molecule has 4 aliphatic heterocycles. The van der Waals surface area contributed by atoms with E-state index in [1.807, 2.05) is 12.1 Å². The molecule has 24 heavy (non-hydrogen) atoms. The summed E-state index contributed by atoms with van der Waals surface area (Å²) in [7, 11) is 0. The number of amides is 1. The lowest BCUT2D eigenvalue weighted by atomic mass is 9.75. The lowest BCUT2D eigenvalue weighted by molar-refractivity contribution is -0.0881. The van der Waals surface area contributed by atoms with Crippen molar-refractivity contribution in [3.63, 3.8) is 0 Å². The predicted octanol–water partition coefficient (Wildman–Crippen LogP) is 2.02. The third-order valence-corrected chi connectivity index (χ3v) is 6.31. The van der Waals surface area contributed by atoms with Gasteiger partial charge in [0, 0.05) is 30.4 Å². The minimum Gasteiger partial charge on any atom is -0.439 e. The summed E-state index contributed by atoms with van der Waals surface area (Å²) >= 11 is 1.40. The molecule has 6 heterocycles. The van der Waals surface area contributed by atoms with Gasteiger partial charge in [-0.3, -0.25) is 9.88 Å². The summed E-state index contributed by atoms with van der Waals surface area (Å²) in [5.74, 6) is 0.460. The highest BCUT2D eigenvalue weighted by molar-refractivity contribution is 7.18. The van der Waals surface area contributed by atoms with Crippen LogP contribution in [-0.2, 0) is 4.74 Å². The van der Waals surface area contributed by atoms with E-state index in [9.17, 15) is 4.79 Å². The van der Waals surface area contributed by atoms with Crippen LogP contribution in [0.5, 0.6) is 0 Å². The third-order valence-electron chi connectivity index (χ3n) is 5.31. The molecule has 124 valence electrons. The quantitative estimate of drug-likeness (QED) is 0.831. The van der Waals surface area contributed by atoms with E-state index in [1.54, 1.807) is 17.3 Å². The Morgan fingerprint density at radius 1 is 1.25 bits per heavy atom. The second kappa shape index (κ2) is 5.22. The Morgan fingerprint density at radius 3 is 2.83 bits per heavy atom. The van der Waals surface area contributed by atoms with Crippen molar-refractivity contribution in [2.75, 3.05) is 31.1 Å². The monoisotopic (exact) mass is 343 g/mol. The molecule has 2 bridgehead atoms. The number of carbonyl (C=O) groups is 1. The molecule has 4 aliphatic rings. The van der Waals surface area contributed by atoms with E-state index in [1.165, 1.54) is 11.3 Å². The van der Waals surface area contributed by atoms with Gasteiger partial charge in [-0.25, -0.2) is 9.69 Å². The second-order valence-corrected chi connectivity index (χ2v) is 7.66. The Morgan fingerprint density at radius 2 is 2.12 bits per heavy atom. The van der Waals surface area contributed by atoms with Gasteiger partial charge in [-0.05, 0) is 38.1 Å². The summed E-state index contributed by atoms with van der Waals surface area (Å²) in [6, 6.07) is 3.80. The van der Waals surface area contributed by atoms with Gasteiger partial charge in [0.15, 0.2) is 5.01 Å². The fourth-order valence-corrected chi connectivity index (χ4v) is 4.91. The van der Waals surface area contributed by atoms with Crippen molar-refractivity contribution >= 4 is 22.6 Å². The molecule has 2 aromatic rings. The van der Waals surface area contributed by atoms with Crippen LogP contribution in [0.15, 0.2) is 24.5 Å². The third kappa shape index (κ3) is 2.13. The molecule has 8 heteroatoms. The van der Waals surface area contributed by atoms with Crippen molar-refractivity contribution in [3.8, 4) is 10.6 Å². The van der Waals surface area contributed by atoms with Crippen LogP contribution in [0.4, 0.5) is 9.93 Å². The van der Waals surface area contributed by atoms with Gasteiger partial charge in [0.2, 0.25) is 5.13 Å². The molecule has 2 aromatic heterocycles. The number of rotatable bonds is 2. The van der Waals surface area contributed by atoms with Crippen LogP contribution in [0.2, 0.25) is 0 Å². The molecule has 7 nitrogen and oxygen atoms in total. The first-order chi connectivity index (χ1) is 11.7. The normalized spacial score (nSPS) is 31.7. The van der Waals surface area contributed by atoms with Gasteiger partial charge in [-0.1, -0.05) is 11.3 Å². The zero-order valence-electron chi connectivity index (χ0n) is 13.1. The van der Waals surface area contributed by atoms with E-state index < -0.39 is 0 Å². The van der Waals surface area contributed by atoms with Crippen LogP contribution in [0.1, 0.15) is 12.8 Å². The van der Waals surface area contributed by atoms with Crippen molar-refractivity contribution in [1.82, 2.24) is 20.1 Å². The molecule has 0 aliphatic carbocycles. The van der Waals surface area contributed by atoms with Crippen molar-refractivity contribution < 1.29 is 9.53 Å². The molecule has 4 fully saturated rings. The number of nitrogens with zero attached hydrogens (tertiary/aromatic N) is 5. The minimum absolute atomic E-state index is 0.294. The molecule has 1 unspecified atom stereocenters. The fraction of sp³-hybridized carbons (Fsp3) is 0.500. The zero-order valence-corrected chi connectivity index (χ0v) is 13.9. The van der Waals surface area contributed by atoms with Crippen LogP contribution >= 0.6 is 11.3 Å². The molecular formula is C16H17N5O2S. The Kier molecular flexibility index (Phi) is 3.11. The standard InChI is InChI=1S/C16H17N5O2S/c22-15-21(10-16(23-15)9-20-6-3-12(16)4-7-20)14-19-18-13(24-14)11-2-1-5-17-8-11/h1-2,5,8,12H,3-4,6-7,9-10H2. The topological polar surface area (TPSA) is 71.5 Å². The summed E-state index contributed by atoms with van der Waals surface area (Å²) < 4.78 is 5.88. The Labute approximate surface area is 143 Å². The molecular weight excluding hydrogens is 326 g/mol. The maximum atomic E-state index is 12.5. The molecule has 1 spiro atoms. The van der Waals surface area contributed by atoms with Gasteiger partial charge in [0.25, 0.3) is 0 Å². The van der Waals surface area contributed by atoms with Crippen molar-refractivity contribution in [2.24, 2.45) is 5.92 Å². The number of aromatic nitrogens is 3. The Balaban J connectivity index is 1.42. The summed E-state index contributed by atoms with van der Waals surface area (Å²) in [4.78, 5) is 20.6. The lowest BCUT2D eigenvalue weighted by Crippen LogP contribution is -2.61. The van der Waals surface area contributed by atoms with E-state index >= 15 is 0 Å². The second-order valence-electron chi connectivity index (χ2n) is 6.70. The summed E-state index contributed by atoms with van der Waals surface area (Å²) in [6.07, 6.45) is 5.40. The number of ether oxygens (including phenoxy) is 1. The first kappa shape index (κ1) is 14.3. The average Bonchev–Trinajstić information content (AvgIpc) is 3.22. The molecule has 6 rings (SSSR count). The van der Waals surface area contributed by atoms with Crippen molar-refractivity contribution in [2.45, 2.75) is 18.4 Å². The number of hydrogen-bond acceptors (Lipinski definition) is 7. The van der Waals surface area contributed by atoms with Gasteiger partial charge in [0.1, 0.15) is 5.60 Å². The van der Waals surface area contributed by atoms with E-state index in [-0.39, 0.29) is 11.7 Å². The van der Waals surface area contributed by atoms with E-state index in [2.05, 4.69) is 20.1 Å². The molecule has 0 N–H and O–H groups in total. The lowest BCUT2D eigenvalue weighted by Gasteiger charge is -2.49. The number of hydrogen-bond donors (Lipinski definition) is 0. The molecule has 0 saturated carbocycles. The van der Waals surface area contributed by atoms with Gasteiger partial charge in [-0.15, -0.1) is 10.2 Å². The van der Waals surface area contributed by atoms with Crippen molar-refractivity contribution in [3.05, 3.63) is 24.5 Å². The number of pyridine rings is 1. The average molecular weight is 343 g/mol. The maximum absolute atomic E-state index is 12.5. The number of carbonyl (C=O) groups excluding carboxylic acids is 1. The fourth-order valence-electron chi connectivity index (χ4n) is 4.09. The largest absolute Gasteiger partial charge is 0.439 e. The zero-order chi connectivity index (χ0) is 16.1. The summed E-state index contributed by atoms with van der Waals surface area (Å²) in [5.41, 5.74) is 0.541. The first-order valence-electron chi connectivity index (χ1n) is 8.20. The van der Waals surface area contributed by atoms with Crippen LogP contribution in [0.25, 0.3) is 10.6 Å². The molecule has 1 amide bonds. The van der Waals surface area contributed by atoms with Gasteiger partial charge >= 0.3 is 6.09 Å². The molecule has 1 atom stereocenters. The van der Waals surface area contributed by atoms with E-state index in [0.29, 0.717) is 17.6 Å². The highest BCUT2D eigenvalue weighted by Crippen LogP contribution is 2.44.